The van der Waals surface area contributed by atoms with Crippen molar-refractivity contribution in [1.82, 2.24) is 0 Å². The van der Waals surface area contributed by atoms with Crippen LogP contribution in [-0.4, -0.2) is 12.2 Å². The first-order valence-corrected chi connectivity index (χ1v) is 3.85. The maximum Gasteiger partial charge on any atom is 0.211 e. The monoisotopic (exact) mass is 230 g/mol. The Kier molecular flexibility index (Phi) is 2.87. The first-order chi connectivity index (χ1) is 5.68. The lowest BCUT2D eigenvalue weighted by atomic mass is 10.5. The average Bonchev–Trinajstić information content (AvgIpc) is 2.35. The number of guanidine groups is 1. The van der Waals surface area contributed by atoms with Gasteiger partial charge in [0.05, 0.1) is 6.21 Å². The third kappa shape index (κ3) is 2.75. The molecule has 0 aromatic carbocycles. The number of furan rings is 1. The van der Waals surface area contributed by atoms with Gasteiger partial charge in [-0.3, -0.25) is 0 Å². The fraction of sp³-hybridized carbons (Fsp3) is 0. The molecule has 0 aliphatic heterocycles. The van der Waals surface area contributed by atoms with Crippen LogP contribution in [0, 0.1) is 0 Å². The summed E-state index contributed by atoms with van der Waals surface area (Å²) in [4.78, 5) is 0. The first kappa shape index (κ1) is 8.79. The number of nitrogens with zero attached hydrogens (tertiary/aromatic N) is 2. The van der Waals surface area contributed by atoms with E-state index in [1.807, 2.05) is 0 Å². The zero-order valence-electron chi connectivity index (χ0n) is 6.07. The van der Waals surface area contributed by atoms with Crippen molar-refractivity contribution in [2.45, 2.75) is 0 Å². The van der Waals surface area contributed by atoms with Crippen molar-refractivity contribution < 1.29 is 4.42 Å². The minimum atomic E-state index is -0.0862. The van der Waals surface area contributed by atoms with Crippen LogP contribution in [0.2, 0.25) is 0 Å². The third-order valence-electron chi connectivity index (χ3n) is 0.952. The quantitative estimate of drug-likeness (QED) is 0.444. The molecular weight excluding hydrogens is 224 g/mol. The third-order valence-corrected chi connectivity index (χ3v) is 1.38. The molecule has 0 atom stereocenters. The van der Waals surface area contributed by atoms with Gasteiger partial charge in [-0.15, -0.1) is 5.10 Å². The van der Waals surface area contributed by atoms with E-state index in [1.54, 1.807) is 12.1 Å². The second-order valence-electron chi connectivity index (χ2n) is 1.91. The number of hydrogen-bond donors (Lipinski definition) is 2. The summed E-state index contributed by atoms with van der Waals surface area (Å²) < 4.78 is 5.71. The Balaban J connectivity index is 2.64. The second kappa shape index (κ2) is 3.91. The summed E-state index contributed by atoms with van der Waals surface area (Å²) in [7, 11) is 0. The second-order valence-corrected chi connectivity index (χ2v) is 2.69. The van der Waals surface area contributed by atoms with Crippen molar-refractivity contribution >= 4 is 28.1 Å². The summed E-state index contributed by atoms with van der Waals surface area (Å²) in [6.07, 6.45) is 1.41. The normalized spacial score (nSPS) is 10.4. The summed E-state index contributed by atoms with van der Waals surface area (Å²) in [5.74, 6) is 0.490. The molecule has 1 heterocycles. The van der Waals surface area contributed by atoms with Gasteiger partial charge in [-0.1, -0.05) is 0 Å². The van der Waals surface area contributed by atoms with Crippen LogP contribution < -0.4 is 11.5 Å². The molecule has 0 radical (unpaired) electrons. The highest BCUT2D eigenvalue weighted by Gasteiger charge is 1.93. The summed E-state index contributed by atoms with van der Waals surface area (Å²) in [6, 6.07) is 3.48. The van der Waals surface area contributed by atoms with Gasteiger partial charge in [0.1, 0.15) is 5.76 Å². The van der Waals surface area contributed by atoms with Gasteiger partial charge in [0, 0.05) is 0 Å². The van der Waals surface area contributed by atoms with Crippen LogP contribution in [0.15, 0.2) is 31.4 Å². The highest BCUT2D eigenvalue weighted by Crippen LogP contribution is 2.11. The molecule has 5 nitrogen and oxygen atoms in total. The van der Waals surface area contributed by atoms with E-state index < -0.39 is 0 Å². The smallest absolute Gasteiger partial charge is 0.211 e. The van der Waals surface area contributed by atoms with Crippen LogP contribution in [0.3, 0.4) is 0 Å². The SMILES string of the molecule is NC(N)=N/N=C/c1ccc(Br)o1. The maximum absolute atomic E-state index is 5.08. The Morgan fingerprint density at radius 3 is 2.75 bits per heavy atom. The lowest BCUT2D eigenvalue weighted by molar-refractivity contribution is 0.534. The number of nitrogens with two attached hydrogens (primary N) is 2. The van der Waals surface area contributed by atoms with E-state index in [0.29, 0.717) is 10.4 Å². The van der Waals surface area contributed by atoms with Crippen LogP contribution in [0.4, 0.5) is 0 Å². The fourth-order valence-electron chi connectivity index (χ4n) is 0.550. The van der Waals surface area contributed by atoms with E-state index in [1.165, 1.54) is 6.21 Å². The van der Waals surface area contributed by atoms with Crippen LogP contribution in [0.1, 0.15) is 5.76 Å². The Labute approximate surface area is 77.3 Å². The predicted molar refractivity (Wildman–Crippen MR) is 49.8 cm³/mol. The molecule has 0 spiro atoms. The molecule has 1 aromatic heterocycles. The molecule has 6 heteroatoms. The molecule has 0 fully saturated rings. The van der Waals surface area contributed by atoms with Gasteiger partial charge in [-0.2, -0.15) is 5.10 Å². The van der Waals surface area contributed by atoms with Crippen LogP contribution in [-0.2, 0) is 0 Å². The minimum absolute atomic E-state index is 0.0862. The zero-order chi connectivity index (χ0) is 8.97. The lowest BCUT2D eigenvalue weighted by Gasteiger charge is -1.83. The maximum atomic E-state index is 5.08. The summed E-state index contributed by atoms with van der Waals surface area (Å²) >= 11 is 3.14. The molecule has 0 saturated carbocycles. The van der Waals surface area contributed by atoms with Crippen molar-refractivity contribution in [1.29, 1.82) is 0 Å². The molecule has 64 valence electrons. The standard InChI is InChI=1S/C6H7BrN4O/c7-5-2-1-4(12-5)3-10-11-6(8)9/h1-3H,(H4,8,9,11)/b10-3+. The van der Waals surface area contributed by atoms with E-state index in [4.69, 9.17) is 15.9 Å². The number of rotatable bonds is 2. The molecular formula is C6H7BrN4O. The highest BCUT2D eigenvalue weighted by atomic mass is 79.9. The summed E-state index contributed by atoms with van der Waals surface area (Å²) in [5, 5.41) is 6.95. The van der Waals surface area contributed by atoms with Gasteiger partial charge >= 0.3 is 0 Å². The lowest BCUT2D eigenvalue weighted by Crippen LogP contribution is -2.21. The summed E-state index contributed by atoms with van der Waals surface area (Å²) in [5.41, 5.74) is 10.1. The Morgan fingerprint density at radius 1 is 1.50 bits per heavy atom. The molecule has 0 saturated heterocycles. The van der Waals surface area contributed by atoms with Crippen molar-refractivity contribution in [3.63, 3.8) is 0 Å². The summed E-state index contributed by atoms with van der Waals surface area (Å²) in [6.45, 7) is 0. The van der Waals surface area contributed by atoms with E-state index in [9.17, 15) is 0 Å². The molecule has 0 bridgehead atoms. The van der Waals surface area contributed by atoms with Gasteiger partial charge < -0.3 is 15.9 Å². The molecule has 12 heavy (non-hydrogen) atoms. The Hall–Kier alpha value is -1.30. The molecule has 1 rings (SSSR count). The topological polar surface area (TPSA) is 89.9 Å². The average molecular weight is 231 g/mol. The van der Waals surface area contributed by atoms with Gasteiger partial charge in [0.25, 0.3) is 0 Å². The molecule has 0 unspecified atom stereocenters. The van der Waals surface area contributed by atoms with Crippen LogP contribution in [0.5, 0.6) is 0 Å². The van der Waals surface area contributed by atoms with Crippen molar-refractivity contribution in [2.75, 3.05) is 0 Å². The molecule has 0 aliphatic carbocycles. The minimum Gasteiger partial charge on any atom is -0.448 e. The zero-order valence-corrected chi connectivity index (χ0v) is 7.65. The molecule has 0 aliphatic rings. The Bertz CT molecular complexity index is 313. The van der Waals surface area contributed by atoms with E-state index in [0.717, 1.165) is 0 Å². The van der Waals surface area contributed by atoms with Crippen molar-refractivity contribution in [3.05, 3.63) is 22.6 Å². The highest BCUT2D eigenvalue weighted by molar-refractivity contribution is 9.10. The van der Waals surface area contributed by atoms with Crippen molar-refractivity contribution in [2.24, 2.45) is 21.7 Å². The van der Waals surface area contributed by atoms with E-state index in [2.05, 4.69) is 26.1 Å². The van der Waals surface area contributed by atoms with E-state index >= 15 is 0 Å². The molecule has 4 N–H and O–H groups in total. The van der Waals surface area contributed by atoms with Gasteiger partial charge in [-0.05, 0) is 28.1 Å². The van der Waals surface area contributed by atoms with Gasteiger partial charge in [-0.25, -0.2) is 0 Å². The predicted octanol–water partition coefficient (Wildman–Crippen LogP) is 0.649. The Morgan fingerprint density at radius 2 is 2.25 bits per heavy atom. The first-order valence-electron chi connectivity index (χ1n) is 3.06. The van der Waals surface area contributed by atoms with E-state index in [-0.39, 0.29) is 5.96 Å². The van der Waals surface area contributed by atoms with Crippen LogP contribution in [0.25, 0.3) is 0 Å². The number of hydrogen-bond acceptors (Lipinski definition) is 3. The molecule has 0 amide bonds. The van der Waals surface area contributed by atoms with Crippen molar-refractivity contribution in [3.8, 4) is 0 Å². The fourth-order valence-corrected chi connectivity index (χ4v) is 0.869. The largest absolute Gasteiger partial charge is 0.448 e. The van der Waals surface area contributed by atoms with Gasteiger partial charge in [0.2, 0.25) is 5.96 Å². The van der Waals surface area contributed by atoms with Crippen LogP contribution >= 0.6 is 15.9 Å². The molecule has 1 aromatic rings. The number of halogens is 1. The van der Waals surface area contributed by atoms with Gasteiger partial charge in [0.15, 0.2) is 4.67 Å².